The second-order valence-corrected chi connectivity index (χ2v) is 9.99. The number of nitrogens with two attached hydrogens (primary N) is 3. The largest absolute Gasteiger partial charge is 0.481 e. The van der Waals surface area contributed by atoms with Crippen LogP contribution >= 0.6 is 0 Å². The number of carboxylic acid groups (broad SMARTS) is 2. The van der Waals surface area contributed by atoms with Gasteiger partial charge in [-0.05, 0) is 38.6 Å². The molecular weight excluding hydrogens is 572 g/mol. The predicted octanol–water partition coefficient (Wildman–Crippen LogP) is -4.00. The van der Waals surface area contributed by atoms with E-state index in [9.17, 15) is 43.5 Å². The third kappa shape index (κ3) is 15.5. The van der Waals surface area contributed by atoms with Crippen molar-refractivity contribution in [3.05, 3.63) is 0 Å². The molecule has 18 nitrogen and oxygen atoms in total. The number of primary amides is 1. The van der Waals surface area contributed by atoms with Crippen LogP contribution in [0, 0.1) is 5.92 Å². The molecule has 244 valence electrons. The number of aliphatic carboxylic acids is 2. The Bertz CT molecular complexity index is 1020. The molecule has 0 aliphatic rings. The minimum Gasteiger partial charge on any atom is -0.481 e. The molecule has 0 radical (unpaired) electrons. The summed E-state index contributed by atoms with van der Waals surface area (Å²) in [6, 6.07) is -6.76. The lowest BCUT2D eigenvalue weighted by Crippen LogP contribution is -2.59. The van der Waals surface area contributed by atoms with Gasteiger partial charge in [-0.15, -0.1) is 0 Å². The maximum Gasteiger partial charge on any atom is 0.322 e. The second-order valence-electron chi connectivity index (χ2n) is 9.99. The predicted molar refractivity (Wildman–Crippen MR) is 150 cm³/mol. The molecule has 0 aromatic heterocycles. The van der Waals surface area contributed by atoms with Crippen LogP contribution in [0.15, 0.2) is 0 Å². The standard InChI is InChI=1S/C25H44N8O10/c1-4-12(2)20(28)25(43)31-14(7-5-6-8-26)23(41)33-16(10-18(35)36)24(42)30-13(3)21(39)32-15(9-17(27)34)22(40)29-11-19(37)38/h12-16,20H,4-11,26,28H2,1-3H3,(H2,27,34)(H,29,40)(H,30,42)(H,31,43)(H,32,39)(H,33,41)(H,35,36)(H,37,38)/t12-,13-,14-,15-,16-,20-/m0/s1. The van der Waals surface area contributed by atoms with Crippen molar-refractivity contribution >= 4 is 47.4 Å². The third-order valence-corrected chi connectivity index (χ3v) is 6.36. The summed E-state index contributed by atoms with van der Waals surface area (Å²) in [5.41, 5.74) is 16.6. The monoisotopic (exact) mass is 616 g/mol. The van der Waals surface area contributed by atoms with Crippen LogP contribution in [-0.2, 0) is 38.4 Å². The fourth-order valence-electron chi connectivity index (χ4n) is 3.57. The molecule has 0 saturated carbocycles. The second kappa shape index (κ2) is 19.7. The van der Waals surface area contributed by atoms with E-state index in [1.165, 1.54) is 6.92 Å². The van der Waals surface area contributed by atoms with Crippen LogP contribution < -0.4 is 43.8 Å². The van der Waals surface area contributed by atoms with Gasteiger partial charge in [-0.3, -0.25) is 38.4 Å². The molecule has 0 aromatic rings. The Morgan fingerprint density at radius 3 is 1.74 bits per heavy atom. The normalized spacial score (nSPS) is 14.9. The number of carboxylic acids is 2. The van der Waals surface area contributed by atoms with E-state index in [2.05, 4.69) is 21.3 Å². The van der Waals surface area contributed by atoms with E-state index in [-0.39, 0.29) is 12.3 Å². The summed E-state index contributed by atoms with van der Waals surface area (Å²) >= 11 is 0. The van der Waals surface area contributed by atoms with Gasteiger partial charge >= 0.3 is 11.9 Å². The number of nitrogens with one attached hydrogen (secondary N) is 5. The smallest absolute Gasteiger partial charge is 0.322 e. The van der Waals surface area contributed by atoms with Crippen molar-refractivity contribution in [2.45, 2.75) is 89.5 Å². The lowest BCUT2D eigenvalue weighted by molar-refractivity contribution is -0.141. The van der Waals surface area contributed by atoms with Crippen LogP contribution in [0.4, 0.5) is 0 Å². The average molecular weight is 617 g/mol. The summed E-state index contributed by atoms with van der Waals surface area (Å²) in [5.74, 6) is -8.62. The minimum atomic E-state index is -1.68. The van der Waals surface area contributed by atoms with E-state index in [1.807, 2.05) is 12.2 Å². The quantitative estimate of drug-likeness (QED) is 0.0552. The van der Waals surface area contributed by atoms with E-state index in [0.29, 0.717) is 25.8 Å². The first-order valence-corrected chi connectivity index (χ1v) is 13.7. The number of carbonyl (C=O) groups excluding carboxylic acids is 6. The highest BCUT2D eigenvalue weighted by Crippen LogP contribution is 2.08. The van der Waals surface area contributed by atoms with Crippen LogP contribution in [-0.4, -0.2) is 101 Å². The van der Waals surface area contributed by atoms with Gasteiger partial charge in [-0.2, -0.15) is 0 Å². The zero-order chi connectivity index (χ0) is 33.3. The van der Waals surface area contributed by atoms with Crippen molar-refractivity contribution in [1.29, 1.82) is 0 Å². The van der Waals surface area contributed by atoms with E-state index in [0.717, 1.165) is 0 Å². The van der Waals surface area contributed by atoms with Gasteiger partial charge in [0.05, 0.1) is 18.9 Å². The van der Waals surface area contributed by atoms with Crippen molar-refractivity contribution in [3.63, 3.8) is 0 Å². The van der Waals surface area contributed by atoms with Gasteiger partial charge in [-0.25, -0.2) is 0 Å². The van der Waals surface area contributed by atoms with Gasteiger partial charge in [-0.1, -0.05) is 20.3 Å². The molecule has 18 heteroatoms. The fourth-order valence-corrected chi connectivity index (χ4v) is 3.57. The zero-order valence-corrected chi connectivity index (χ0v) is 24.5. The van der Waals surface area contributed by atoms with E-state index >= 15 is 0 Å². The molecule has 0 unspecified atom stereocenters. The SMILES string of the molecule is CC[C@H](C)[C@H](N)C(=O)N[C@@H](CCCCN)C(=O)N[C@@H](CC(=O)O)C(=O)N[C@@H](C)C(=O)N[C@@H](CC(N)=O)C(=O)NCC(=O)O. The maximum atomic E-state index is 13.1. The Kier molecular flexibility index (Phi) is 17.8. The molecular formula is C25H44N8O10. The number of amides is 6. The lowest BCUT2D eigenvalue weighted by atomic mass is 9.98. The Balaban J connectivity index is 5.66. The Morgan fingerprint density at radius 1 is 0.698 bits per heavy atom. The summed E-state index contributed by atoms with van der Waals surface area (Å²) in [6.45, 7) is 4.29. The van der Waals surface area contributed by atoms with Crippen molar-refractivity contribution in [2.24, 2.45) is 23.1 Å². The number of hydrogen-bond acceptors (Lipinski definition) is 10. The molecule has 0 rings (SSSR count). The van der Waals surface area contributed by atoms with Crippen molar-refractivity contribution < 1.29 is 48.6 Å². The van der Waals surface area contributed by atoms with Gasteiger partial charge in [0.15, 0.2) is 0 Å². The maximum absolute atomic E-state index is 13.1. The Labute approximate surface area is 248 Å². The van der Waals surface area contributed by atoms with Gasteiger partial charge < -0.3 is 54.0 Å². The molecule has 0 bridgehead atoms. The number of rotatable bonds is 21. The van der Waals surface area contributed by atoms with Crippen LogP contribution in [0.2, 0.25) is 0 Å². The molecule has 6 atom stereocenters. The Hall–Kier alpha value is -4.32. The molecule has 0 aliphatic heterocycles. The molecule has 13 N–H and O–H groups in total. The summed E-state index contributed by atoms with van der Waals surface area (Å²) in [7, 11) is 0. The summed E-state index contributed by atoms with van der Waals surface area (Å²) < 4.78 is 0. The first kappa shape index (κ1) is 38.7. The van der Waals surface area contributed by atoms with Gasteiger partial charge in [0.1, 0.15) is 30.7 Å². The summed E-state index contributed by atoms with van der Waals surface area (Å²) in [6.07, 6.45) is 0.0901. The van der Waals surface area contributed by atoms with Crippen LogP contribution in [0.1, 0.15) is 59.3 Å². The number of hydrogen-bond donors (Lipinski definition) is 10. The highest BCUT2D eigenvalue weighted by Gasteiger charge is 2.32. The average Bonchev–Trinajstić information content (AvgIpc) is 2.92. The Morgan fingerprint density at radius 2 is 1.23 bits per heavy atom. The topological polar surface area (TPSA) is 315 Å². The number of carbonyl (C=O) groups is 8. The molecule has 0 aromatic carbocycles. The molecule has 0 aliphatic carbocycles. The van der Waals surface area contributed by atoms with Gasteiger partial charge in [0, 0.05) is 0 Å². The van der Waals surface area contributed by atoms with Crippen LogP contribution in [0.5, 0.6) is 0 Å². The summed E-state index contributed by atoms with van der Waals surface area (Å²) in [5, 5.41) is 29.2. The molecule has 6 amide bonds. The first-order chi connectivity index (χ1) is 20.0. The molecule has 0 saturated heterocycles. The summed E-state index contributed by atoms with van der Waals surface area (Å²) in [4.78, 5) is 97.0. The molecule has 0 spiro atoms. The first-order valence-electron chi connectivity index (χ1n) is 13.7. The highest BCUT2D eigenvalue weighted by atomic mass is 16.4. The van der Waals surface area contributed by atoms with Gasteiger partial charge in [0.25, 0.3) is 0 Å². The third-order valence-electron chi connectivity index (χ3n) is 6.36. The zero-order valence-electron chi connectivity index (χ0n) is 24.5. The van der Waals surface area contributed by atoms with Crippen LogP contribution in [0.25, 0.3) is 0 Å². The number of unbranched alkanes of at least 4 members (excludes halogenated alkanes) is 1. The van der Waals surface area contributed by atoms with Crippen LogP contribution in [0.3, 0.4) is 0 Å². The molecule has 0 heterocycles. The molecule has 0 fully saturated rings. The lowest BCUT2D eigenvalue weighted by Gasteiger charge is -2.26. The van der Waals surface area contributed by atoms with E-state index in [4.69, 9.17) is 22.3 Å². The van der Waals surface area contributed by atoms with Crippen molar-refractivity contribution in [1.82, 2.24) is 26.6 Å². The van der Waals surface area contributed by atoms with Crippen molar-refractivity contribution in [3.8, 4) is 0 Å². The fraction of sp³-hybridized carbons (Fsp3) is 0.680. The van der Waals surface area contributed by atoms with E-state index < -0.39 is 97.0 Å². The minimum absolute atomic E-state index is 0.118. The molecule has 43 heavy (non-hydrogen) atoms. The van der Waals surface area contributed by atoms with Gasteiger partial charge in [0.2, 0.25) is 35.4 Å². The highest BCUT2D eigenvalue weighted by molar-refractivity contribution is 5.98. The van der Waals surface area contributed by atoms with Crippen molar-refractivity contribution in [2.75, 3.05) is 13.1 Å². The van der Waals surface area contributed by atoms with E-state index in [1.54, 1.807) is 6.92 Å².